The molecular weight excluding hydrogens is 161 g/mol. The Morgan fingerprint density at radius 1 is 1.22 bits per heavy atom. The van der Waals surface area contributed by atoms with Crippen molar-refractivity contribution in [2.45, 2.75) is 5.51 Å². The summed E-state index contributed by atoms with van der Waals surface area (Å²) in [5, 5.41) is 0. The molecule has 0 spiro atoms. The Morgan fingerprint density at radius 2 is 1.33 bits per heavy atom. The van der Waals surface area contributed by atoms with Crippen LogP contribution >= 0.6 is 0 Å². The maximum absolute atomic E-state index is 10.7. The molecule has 0 aliphatic heterocycles. The summed E-state index contributed by atoms with van der Waals surface area (Å²) in [6.07, 6.45) is 0. The summed E-state index contributed by atoms with van der Waals surface area (Å²) in [6.45, 7) is 0. The topological polar surface area (TPSA) is 54.4 Å². The Hall–Kier alpha value is -0.300. The summed E-state index contributed by atoms with van der Waals surface area (Å²) < 4.78 is 57.5. The summed E-state index contributed by atoms with van der Waals surface area (Å²) in [4.78, 5) is 0. The molecule has 3 nitrogen and oxygen atoms in total. The first-order chi connectivity index (χ1) is 3.25. The number of hydrogen-bond donors (Lipinski definition) is 1. The van der Waals surface area contributed by atoms with E-state index in [2.05, 4.69) is 0 Å². The van der Waals surface area contributed by atoms with Gasteiger partial charge in [0, 0.05) is 7.43 Å². The highest BCUT2D eigenvalue weighted by molar-refractivity contribution is 7.86. The summed E-state index contributed by atoms with van der Waals surface area (Å²) in [5.41, 5.74) is -5.53. The maximum atomic E-state index is 10.7. The van der Waals surface area contributed by atoms with Gasteiger partial charge in [-0.15, -0.1) is 0 Å². The number of rotatable bonds is 0. The SMILES string of the molecule is O=S(=O)(O)C(F)(F)F.[C]. The lowest BCUT2D eigenvalue weighted by Gasteiger charge is -1.97. The fourth-order valence-corrected chi connectivity index (χ4v) is 0. The van der Waals surface area contributed by atoms with E-state index in [4.69, 9.17) is 13.0 Å². The van der Waals surface area contributed by atoms with E-state index in [0.717, 1.165) is 0 Å². The Bertz CT molecular complexity index is 166. The predicted molar refractivity (Wildman–Crippen MR) is 20.8 cm³/mol. The van der Waals surface area contributed by atoms with E-state index >= 15 is 0 Å². The third-order valence-corrected chi connectivity index (χ3v) is 0.877. The molecule has 0 rings (SSSR count). The first-order valence-electron chi connectivity index (χ1n) is 1.29. The largest absolute Gasteiger partial charge is 0.522 e. The standard InChI is InChI=1S/CHF3O3S.C/c2-1(3,4)8(5,6)7;/h(H,5,6,7);. The number of hydrogen-bond acceptors (Lipinski definition) is 2. The molecule has 0 saturated heterocycles. The normalized spacial score (nSPS) is 12.4. The Balaban J connectivity index is 0. The molecular formula is C2HF3O3S. The molecule has 0 bridgehead atoms. The summed E-state index contributed by atoms with van der Waals surface area (Å²) in [7, 11) is -5.84. The molecule has 0 unspecified atom stereocenters. The van der Waals surface area contributed by atoms with E-state index in [1.54, 1.807) is 0 Å². The first-order valence-corrected chi connectivity index (χ1v) is 2.73. The van der Waals surface area contributed by atoms with Crippen LogP contribution in [0.15, 0.2) is 0 Å². The van der Waals surface area contributed by atoms with Gasteiger partial charge in [-0.2, -0.15) is 21.6 Å². The van der Waals surface area contributed by atoms with Crippen molar-refractivity contribution in [1.82, 2.24) is 0 Å². The van der Waals surface area contributed by atoms with Crippen LogP contribution < -0.4 is 0 Å². The third kappa shape index (κ3) is 3.31. The van der Waals surface area contributed by atoms with E-state index in [1.807, 2.05) is 0 Å². The lowest BCUT2D eigenvalue weighted by Crippen LogP contribution is -2.21. The molecule has 54 valence electrons. The zero-order chi connectivity index (χ0) is 7.00. The lowest BCUT2D eigenvalue weighted by molar-refractivity contribution is -0.0510. The van der Waals surface area contributed by atoms with E-state index in [-0.39, 0.29) is 7.43 Å². The molecule has 0 aliphatic rings. The van der Waals surface area contributed by atoms with E-state index in [1.165, 1.54) is 0 Å². The summed E-state index contributed by atoms with van der Waals surface area (Å²) in [5.74, 6) is 0. The molecule has 0 aliphatic carbocycles. The van der Waals surface area contributed by atoms with Crippen LogP contribution in [0, 0.1) is 7.43 Å². The fourth-order valence-electron chi connectivity index (χ4n) is 0. The molecule has 9 heavy (non-hydrogen) atoms. The highest BCUT2D eigenvalue weighted by Crippen LogP contribution is 2.20. The Kier molecular flexibility index (Phi) is 3.22. The molecule has 7 heteroatoms. The van der Waals surface area contributed by atoms with Crippen molar-refractivity contribution in [3.05, 3.63) is 7.43 Å². The second-order valence-corrected chi connectivity index (χ2v) is 2.33. The van der Waals surface area contributed by atoms with Crippen LogP contribution in [-0.2, 0) is 10.1 Å². The van der Waals surface area contributed by atoms with Crippen molar-refractivity contribution in [3.63, 3.8) is 0 Å². The molecule has 0 aromatic rings. The minimum absolute atomic E-state index is 0. The molecule has 0 heterocycles. The van der Waals surface area contributed by atoms with Gasteiger partial charge in [-0.1, -0.05) is 0 Å². The number of halogens is 3. The zero-order valence-corrected chi connectivity index (χ0v) is 4.62. The summed E-state index contributed by atoms with van der Waals surface area (Å²) in [6, 6.07) is 0. The van der Waals surface area contributed by atoms with Crippen LogP contribution in [0.25, 0.3) is 0 Å². The number of alkyl halides is 3. The average molecular weight is 162 g/mol. The van der Waals surface area contributed by atoms with Gasteiger partial charge in [0.1, 0.15) is 0 Å². The second-order valence-electron chi connectivity index (χ2n) is 0.921. The summed E-state index contributed by atoms with van der Waals surface area (Å²) >= 11 is 0. The van der Waals surface area contributed by atoms with Crippen LogP contribution in [0.4, 0.5) is 13.2 Å². The molecule has 0 atom stereocenters. The zero-order valence-electron chi connectivity index (χ0n) is 3.81. The van der Waals surface area contributed by atoms with Crippen molar-refractivity contribution in [3.8, 4) is 0 Å². The highest BCUT2D eigenvalue weighted by atomic mass is 32.2. The lowest BCUT2D eigenvalue weighted by atomic mass is 11.6. The molecule has 0 aromatic carbocycles. The Morgan fingerprint density at radius 3 is 1.33 bits per heavy atom. The second kappa shape index (κ2) is 2.53. The van der Waals surface area contributed by atoms with Gasteiger partial charge >= 0.3 is 15.6 Å². The smallest absolute Gasteiger partial charge is 0.279 e. The minimum atomic E-state index is -5.84. The van der Waals surface area contributed by atoms with Gasteiger partial charge in [-0.25, -0.2) is 0 Å². The fraction of sp³-hybridized carbons (Fsp3) is 0.500. The third-order valence-electron chi connectivity index (χ3n) is 0.292. The molecule has 4 radical (unpaired) electrons. The van der Waals surface area contributed by atoms with E-state index in [0.29, 0.717) is 0 Å². The molecule has 1 N–H and O–H groups in total. The van der Waals surface area contributed by atoms with E-state index < -0.39 is 15.6 Å². The average Bonchev–Trinajstić information content (AvgIpc) is 1.25. The minimum Gasteiger partial charge on any atom is -0.279 e. The molecule has 0 fully saturated rings. The van der Waals surface area contributed by atoms with Gasteiger partial charge < -0.3 is 0 Å². The van der Waals surface area contributed by atoms with Gasteiger partial charge in [0.25, 0.3) is 0 Å². The van der Waals surface area contributed by atoms with Gasteiger partial charge in [0.05, 0.1) is 0 Å². The van der Waals surface area contributed by atoms with Crippen molar-refractivity contribution < 1.29 is 26.1 Å². The molecule has 0 amide bonds. The quantitative estimate of drug-likeness (QED) is 0.416. The van der Waals surface area contributed by atoms with Gasteiger partial charge in [0.15, 0.2) is 0 Å². The highest BCUT2D eigenvalue weighted by Gasteiger charge is 2.44. The van der Waals surface area contributed by atoms with Crippen LogP contribution in [0.2, 0.25) is 0 Å². The monoisotopic (exact) mass is 162 g/mol. The van der Waals surface area contributed by atoms with E-state index in [9.17, 15) is 13.2 Å². The van der Waals surface area contributed by atoms with Crippen LogP contribution in [0.3, 0.4) is 0 Å². The van der Waals surface area contributed by atoms with Crippen LogP contribution in [0.5, 0.6) is 0 Å². The van der Waals surface area contributed by atoms with Crippen LogP contribution in [-0.4, -0.2) is 18.5 Å². The Labute approximate surface area is 50.2 Å². The maximum Gasteiger partial charge on any atom is 0.522 e. The van der Waals surface area contributed by atoms with Crippen LogP contribution in [0.1, 0.15) is 0 Å². The van der Waals surface area contributed by atoms with Crippen molar-refractivity contribution in [2.75, 3.05) is 0 Å². The van der Waals surface area contributed by atoms with Crippen molar-refractivity contribution in [2.24, 2.45) is 0 Å². The van der Waals surface area contributed by atoms with Gasteiger partial charge in [-0.3, -0.25) is 4.55 Å². The first kappa shape index (κ1) is 11.5. The molecule has 0 saturated carbocycles. The van der Waals surface area contributed by atoms with Gasteiger partial charge in [0.2, 0.25) is 0 Å². The van der Waals surface area contributed by atoms with Gasteiger partial charge in [-0.05, 0) is 0 Å². The van der Waals surface area contributed by atoms with Crippen molar-refractivity contribution >= 4 is 10.1 Å². The molecule has 0 aromatic heterocycles. The predicted octanol–water partition coefficient (Wildman–Crippen LogP) is 0.475. The van der Waals surface area contributed by atoms with Crippen molar-refractivity contribution in [1.29, 1.82) is 0 Å².